The second-order valence-electron chi connectivity index (χ2n) is 4.36. The molecular weight excluding hydrogens is 308 g/mol. The van der Waals surface area contributed by atoms with Gasteiger partial charge >= 0.3 is 0 Å². The van der Waals surface area contributed by atoms with Crippen molar-refractivity contribution < 1.29 is 4.42 Å². The summed E-state index contributed by atoms with van der Waals surface area (Å²) < 4.78 is 8.28. The maximum Gasteiger partial charge on any atom is 0.169 e. The van der Waals surface area contributed by atoms with Crippen molar-refractivity contribution in [1.82, 2.24) is 15.2 Å². The van der Waals surface area contributed by atoms with Crippen molar-refractivity contribution in [2.45, 2.75) is 39.3 Å². The molecule has 5 nitrogen and oxygen atoms in total. The van der Waals surface area contributed by atoms with Gasteiger partial charge in [0.1, 0.15) is 5.76 Å². The number of rotatable bonds is 6. The highest BCUT2D eigenvalue weighted by atomic mass is 79.9. The van der Waals surface area contributed by atoms with Crippen LogP contribution in [0.3, 0.4) is 0 Å². The second-order valence-corrected chi connectivity index (χ2v) is 5.14. The van der Waals surface area contributed by atoms with E-state index in [9.17, 15) is 0 Å². The van der Waals surface area contributed by atoms with Crippen molar-refractivity contribution in [1.29, 1.82) is 0 Å². The molecule has 104 valence electrons. The van der Waals surface area contributed by atoms with Gasteiger partial charge in [0.15, 0.2) is 4.67 Å². The van der Waals surface area contributed by atoms with Crippen LogP contribution in [-0.2, 0) is 19.4 Å². The minimum atomic E-state index is -0.0574. The van der Waals surface area contributed by atoms with E-state index in [4.69, 9.17) is 10.3 Å². The van der Waals surface area contributed by atoms with Crippen LogP contribution in [-0.4, -0.2) is 9.78 Å². The van der Waals surface area contributed by atoms with Gasteiger partial charge in [-0.25, -0.2) is 5.43 Å². The first-order valence-electron chi connectivity index (χ1n) is 6.44. The van der Waals surface area contributed by atoms with Gasteiger partial charge < -0.3 is 4.42 Å². The summed E-state index contributed by atoms with van der Waals surface area (Å²) in [6.07, 6.45) is 1.68. The van der Waals surface area contributed by atoms with Crippen molar-refractivity contribution in [3.05, 3.63) is 40.0 Å². The van der Waals surface area contributed by atoms with Gasteiger partial charge in [-0.1, -0.05) is 6.92 Å². The Bertz CT molecular complexity index is 534. The zero-order valence-electron chi connectivity index (χ0n) is 11.2. The van der Waals surface area contributed by atoms with Gasteiger partial charge in [-0.2, -0.15) is 5.10 Å². The second kappa shape index (κ2) is 6.36. The Labute approximate surface area is 121 Å². The lowest BCUT2D eigenvalue weighted by Crippen LogP contribution is -2.30. The summed E-state index contributed by atoms with van der Waals surface area (Å²) >= 11 is 3.31. The molecule has 1 atom stereocenters. The van der Waals surface area contributed by atoms with Gasteiger partial charge in [0, 0.05) is 18.7 Å². The molecule has 0 bridgehead atoms. The number of halogens is 1. The largest absolute Gasteiger partial charge is 0.453 e. The zero-order valence-corrected chi connectivity index (χ0v) is 12.8. The van der Waals surface area contributed by atoms with Crippen molar-refractivity contribution in [2.24, 2.45) is 5.84 Å². The maximum absolute atomic E-state index is 5.64. The topological polar surface area (TPSA) is 69.0 Å². The Balaban J connectivity index is 2.20. The van der Waals surface area contributed by atoms with Crippen molar-refractivity contribution in [2.75, 3.05) is 0 Å². The minimum absolute atomic E-state index is 0.0574. The lowest BCUT2D eigenvalue weighted by atomic mass is 10.1. The third kappa shape index (κ3) is 3.26. The number of aromatic nitrogens is 2. The molecule has 0 amide bonds. The fourth-order valence-electron chi connectivity index (χ4n) is 2.09. The smallest absolute Gasteiger partial charge is 0.169 e. The number of nitrogens with zero attached hydrogens (tertiary/aromatic N) is 2. The number of furan rings is 1. The Kier molecular flexibility index (Phi) is 4.79. The van der Waals surface area contributed by atoms with Crippen LogP contribution in [0.5, 0.6) is 0 Å². The molecule has 0 saturated carbocycles. The highest BCUT2D eigenvalue weighted by Crippen LogP contribution is 2.23. The molecule has 3 N–H and O–H groups in total. The standard InChI is InChI=1S/C13H19BrN4O/c1-3-9-7-10(18(4-2)17-9)8-11(16-15)12-5-6-13(14)19-12/h5-7,11,16H,3-4,8,15H2,1-2H3. The number of hydrogen-bond donors (Lipinski definition) is 2. The molecule has 2 rings (SSSR count). The molecule has 0 radical (unpaired) electrons. The molecule has 2 aromatic heterocycles. The molecule has 2 aromatic rings. The van der Waals surface area contributed by atoms with Crippen LogP contribution in [0, 0.1) is 0 Å². The molecule has 0 fully saturated rings. The predicted octanol–water partition coefficient (Wildman–Crippen LogP) is 2.57. The van der Waals surface area contributed by atoms with Gasteiger partial charge in [0.25, 0.3) is 0 Å². The number of aryl methyl sites for hydroxylation is 2. The molecule has 0 aromatic carbocycles. The fourth-order valence-corrected chi connectivity index (χ4v) is 2.41. The SMILES string of the molecule is CCc1cc(CC(NN)c2ccc(Br)o2)n(CC)n1. The first-order valence-corrected chi connectivity index (χ1v) is 7.24. The lowest BCUT2D eigenvalue weighted by molar-refractivity contribution is 0.398. The van der Waals surface area contributed by atoms with Crippen molar-refractivity contribution >= 4 is 15.9 Å². The van der Waals surface area contributed by atoms with Crippen molar-refractivity contribution in [3.63, 3.8) is 0 Å². The first-order chi connectivity index (χ1) is 9.17. The van der Waals surface area contributed by atoms with Crippen molar-refractivity contribution in [3.8, 4) is 0 Å². The van der Waals surface area contributed by atoms with E-state index in [1.807, 2.05) is 16.8 Å². The van der Waals surface area contributed by atoms with E-state index < -0.39 is 0 Å². The van der Waals surface area contributed by atoms with Gasteiger partial charge in [-0.3, -0.25) is 10.5 Å². The van der Waals surface area contributed by atoms with E-state index in [0.717, 1.165) is 36.5 Å². The van der Waals surface area contributed by atoms with Gasteiger partial charge in [-0.05, 0) is 47.5 Å². The highest BCUT2D eigenvalue weighted by Gasteiger charge is 2.17. The molecule has 2 heterocycles. The quantitative estimate of drug-likeness (QED) is 0.632. The van der Waals surface area contributed by atoms with Gasteiger partial charge in [0.05, 0.1) is 11.7 Å². The molecule has 0 aliphatic rings. The van der Waals surface area contributed by atoms with Crippen LogP contribution in [0.4, 0.5) is 0 Å². The van der Waals surface area contributed by atoms with Crippen LogP contribution >= 0.6 is 15.9 Å². The van der Waals surface area contributed by atoms with Crippen LogP contribution in [0.25, 0.3) is 0 Å². The number of hydrogen-bond acceptors (Lipinski definition) is 4. The van der Waals surface area contributed by atoms with Gasteiger partial charge in [0.2, 0.25) is 0 Å². The molecule has 0 aliphatic heterocycles. The summed E-state index contributed by atoms with van der Waals surface area (Å²) in [5.74, 6) is 6.45. The molecular formula is C13H19BrN4O. The van der Waals surface area contributed by atoms with E-state index in [0.29, 0.717) is 4.67 Å². The van der Waals surface area contributed by atoms with E-state index in [-0.39, 0.29) is 6.04 Å². The summed E-state index contributed by atoms with van der Waals surface area (Å²) in [4.78, 5) is 0. The predicted molar refractivity (Wildman–Crippen MR) is 77.5 cm³/mol. The van der Waals surface area contributed by atoms with E-state index in [2.05, 4.69) is 46.4 Å². The first kappa shape index (κ1) is 14.3. The number of nitrogens with two attached hydrogens (primary N) is 1. The molecule has 0 aliphatic carbocycles. The molecule has 1 unspecified atom stereocenters. The molecule has 0 saturated heterocycles. The average molecular weight is 327 g/mol. The Morgan fingerprint density at radius 3 is 2.79 bits per heavy atom. The van der Waals surface area contributed by atoms with Crippen LogP contribution in [0.1, 0.15) is 37.0 Å². The third-order valence-electron chi connectivity index (χ3n) is 3.13. The Morgan fingerprint density at radius 2 is 2.26 bits per heavy atom. The van der Waals surface area contributed by atoms with Gasteiger partial charge in [-0.15, -0.1) is 0 Å². The van der Waals surface area contributed by atoms with Crippen LogP contribution in [0.15, 0.2) is 27.3 Å². The summed E-state index contributed by atoms with van der Waals surface area (Å²) in [5, 5.41) is 4.54. The Morgan fingerprint density at radius 1 is 1.47 bits per heavy atom. The third-order valence-corrected chi connectivity index (χ3v) is 3.55. The van der Waals surface area contributed by atoms with E-state index in [1.54, 1.807) is 0 Å². The lowest BCUT2D eigenvalue weighted by Gasteiger charge is -2.13. The zero-order chi connectivity index (χ0) is 13.8. The fraction of sp³-hybridized carbons (Fsp3) is 0.462. The number of hydrazine groups is 1. The normalized spacial score (nSPS) is 12.8. The highest BCUT2D eigenvalue weighted by molar-refractivity contribution is 9.10. The summed E-state index contributed by atoms with van der Waals surface area (Å²) in [7, 11) is 0. The van der Waals surface area contributed by atoms with Crippen LogP contribution < -0.4 is 11.3 Å². The van der Waals surface area contributed by atoms with Crippen LogP contribution in [0.2, 0.25) is 0 Å². The minimum Gasteiger partial charge on any atom is -0.453 e. The summed E-state index contributed by atoms with van der Waals surface area (Å²) in [5.41, 5.74) is 5.07. The Hall–Kier alpha value is -1.11. The van der Waals surface area contributed by atoms with E-state index in [1.165, 1.54) is 0 Å². The molecule has 0 spiro atoms. The van der Waals surface area contributed by atoms with E-state index >= 15 is 0 Å². The maximum atomic E-state index is 5.64. The average Bonchev–Trinajstić information content (AvgIpc) is 3.01. The molecule has 6 heteroatoms. The monoisotopic (exact) mass is 326 g/mol. The summed E-state index contributed by atoms with van der Waals surface area (Å²) in [6.45, 7) is 5.05. The number of nitrogens with one attached hydrogen (secondary N) is 1. The summed E-state index contributed by atoms with van der Waals surface area (Å²) in [6, 6.07) is 5.86. The molecule has 19 heavy (non-hydrogen) atoms.